The summed E-state index contributed by atoms with van der Waals surface area (Å²) in [7, 11) is 4.42. The first-order valence-corrected chi connectivity index (χ1v) is 7.52. The maximum Gasteiger partial charge on any atom is 0.0127 e. The molecule has 0 radical (unpaired) electrons. The van der Waals surface area contributed by atoms with Crippen molar-refractivity contribution in [3.63, 3.8) is 0 Å². The number of hydrogen-bond acceptors (Lipinski definition) is 2. The Labute approximate surface area is 106 Å². The summed E-state index contributed by atoms with van der Waals surface area (Å²) in [4.78, 5) is 2.36. The van der Waals surface area contributed by atoms with E-state index in [1.54, 1.807) is 0 Å². The molecule has 2 bridgehead atoms. The second kappa shape index (κ2) is 4.24. The number of fused-ring (bicyclic) bond motifs is 3. The average molecular weight is 236 g/mol. The first kappa shape index (κ1) is 12.0. The normalized spacial score (nSPS) is 49.4. The molecule has 3 aliphatic carbocycles. The van der Waals surface area contributed by atoms with Crippen LogP contribution in [0.4, 0.5) is 0 Å². The zero-order chi connectivity index (χ0) is 12.0. The summed E-state index contributed by atoms with van der Waals surface area (Å²) in [6, 6.07) is 0.534. The molecule has 98 valence electrons. The van der Waals surface area contributed by atoms with Crippen LogP contribution in [0.15, 0.2) is 0 Å². The van der Waals surface area contributed by atoms with Crippen molar-refractivity contribution in [2.45, 2.75) is 51.0 Å². The largest absolute Gasteiger partial charge is 0.327 e. The Balaban J connectivity index is 1.74. The van der Waals surface area contributed by atoms with Crippen LogP contribution < -0.4 is 5.73 Å². The Hall–Kier alpha value is -0.0800. The zero-order valence-corrected chi connectivity index (χ0v) is 11.5. The molecular formula is C15H28N2. The summed E-state index contributed by atoms with van der Waals surface area (Å²) in [5.74, 6) is 2.76. The van der Waals surface area contributed by atoms with E-state index in [2.05, 4.69) is 19.0 Å². The van der Waals surface area contributed by atoms with Crippen molar-refractivity contribution in [2.24, 2.45) is 28.9 Å². The minimum absolute atomic E-state index is 0.534. The van der Waals surface area contributed by atoms with Gasteiger partial charge in [-0.25, -0.2) is 0 Å². The summed E-state index contributed by atoms with van der Waals surface area (Å²) >= 11 is 0. The maximum atomic E-state index is 6.61. The summed E-state index contributed by atoms with van der Waals surface area (Å²) in [5.41, 5.74) is 7.17. The highest BCUT2D eigenvalue weighted by atomic mass is 15.1. The summed E-state index contributed by atoms with van der Waals surface area (Å²) < 4.78 is 0. The Morgan fingerprint density at radius 3 is 2.71 bits per heavy atom. The fourth-order valence-corrected chi connectivity index (χ4v) is 5.41. The molecule has 3 fully saturated rings. The van der Waals surface area contributed by atoms with Gasteiger partial charge in [0.2, 0.25) is 0 Å². The first-order chi connectivity index (χ1) is 8.12. The molecule has 3 aliphatic rings. The van der Waals surface area contributed by atoms with E-state index in [1.165, 1.54) is 51.5 Å². The SMILES string of the molecule is CN(C)CC1CCCC2(C1)[C@H]1CCC(C1)[C@H]2N. The van der Waals surface area contributed by atoms with E-state index < -0.39 is 0 Å². The minimum atomic E-state index is 0.534. The number of rotatable bonds is 2. The highest BCUT2D eigenvalue weighted by Crippen LogP contribution is 2.61. The van der Waals surface area contributed by atoms with Crippen molar-refractivity contribution < 1.29 is 0 Å². The fourth-order valence-electron chi connectivity index (χ4n) is 5.41. The highest BCUT2D eigenvalue weighted by Gasteiger charge is 2.57. The van der Waals surface area contributed by atoms with Crippen molar-refractivity contribution in [3.8, 4) is 0 Å². The third-order valence-corrected chi connectivity index (χ3v) is 6.00. The van der Waals surface area contributed by atoms with E-state index in [4.69, 9.17) is 5.73 Å². The molecule has 0 aromatic carbocycles. The Kier molecular flexibility index (Phi) is 2.99. The molecular weight excluding hydrogens is 208 g/mol. The van der Waals surface area contributed by atoms with Crippen LogP contribution in [0, 0.1) is 23.2 Å². The van der Waals surface area contributed by atoms with Gasteiger partial charge in [0, 0.05) is 12.6 Å². The summed E-state index contributed by atoms with van der Waals surface area (Å²) in [6.07, 6.45) is 10.1. The van der Waals surface area contributed by atoms with E-state index in [-0.39, 0.29) is 0 Å². The molecule has 2 nitrogen and oxygen atoms in total. The predicted octanol–water partition coefficient (Wildman–Crippen LogP) is 2.48. The van der Waals surface area contributed by atoms with Crippen LogP contribution in [0.5, 0.6) is 0 Å². The second-order valence-corrected chi connectivity index (χ2v) is 7.25. The molecule has 0 aliphatic heterocycles. The van der Waals surface area contributed by atoms with Gasteiger partial charge in [-0.15, -0.1) is 0 Å². The van der Waals surface area contributed by atoms with Crippen molar-refractivity contribution in [3.05, 3.63) is 0 Å². The van der Waals surface area contributed by atoms with Gasteiger partial charge in [0.15, 0.2) is 0 Å². The standard InChI is InChI=1S/C15H28N2/c1-17(2)10-11-4-3-7-15(9-11)13-6-5-12(8-13)14(15)16/h11-14H,3-10,16H2,1-2H3/t11?,12?,13-,14+,15?/m0/s1. The molecule has 0 aromatic rings. The molecule has 0 heterocycles. The lowest BCUT2D eigenvalue weighted by atomic mass is 9.59. The van der Waals surface area contributed by atoms with Gasteiger partial charge in [0.05, 0.1) is 0 Å². The van der Waals surface area contributed by atoms with Gasteiger partial charge >= 0.3 is 0 Å². The van der Waals surface area contributed by atoms with Crippen LogP contribution in [-0.2, 0) is 0 Å². The number of hydrogen-bond donors (Lipinski definition) is 1. The van der Waals surface area contributed by atoms with Crippen LogP contribution in [0.2, 0.25) is 0 Å². The van der Waals surface area contributed by atoms with E-state index in [1.807, 2.05) is 0 Å². The van der Waals surface area contributed by atoms with Crippen molar-refractivity contribution in [2.75, 3.05) is 20.6 Å². The second-order valence-electron chi connectivity index (χ2n) is 7.25. The topological polar surface area (TPSA) is 29.3 Å². The summed E-state index contributed by atoms with van der Waals surface area (Å²) in [6.45, 7) is 1.27. The third kappa shape index (κ3) is 1.84. The van der Waals surface area contributed by atoms with Gasteiger partial charge in [-0.2, -0.15) is 0 Å². The van der Waals surface area contributed by atoms with Crippen LogP contribution in [0.3, 0.4) is 0 Å². The highest BCUT2D eigenvalue weighted by molar-refractivity contribution is 5.10. The molecule has 0 amide bonds. The number of nitrogens with zero attached hydrogens (tertiary/aromatic N) is 1. The Bertz CT molecular complexity index is 285. The van der Waals surface area contributed by atoms with Gasteiger partial charge < -0.3 is 10.6 Å². The smallest absolute Gasteiger partial charge is 0.0127 e. The fraction of sp³-hybridized carbons (Fsp3) is 1.00. The molecule has 0 aromatic heterocycles. The van der Waals surface area contributed by atoms with E-state index in [0.29, 0.717) is 11.5 Å². The van der Waals surface area contributed by atoms with Crippen LogP contribution in [-0.4, -0.2) is 31.6 Å². The molecule has 2 heteroatoms. The lowest BCUT2D eigenvalue weighted by molar-refractivity contribution is 0.0407. The molecule has 0 saturated heterocycles. The van der Waals surface area contributed by atoms with Crippen molar-refractivity contribution >= 4 is 0 Å². The third-order valence-electron chi connectivity index (χ3n) is 6.00. The molecule has 17 heavy (non-hydrogen) atoms. The van der Waals surface area contributed by atoms with Crippen LogP contribution in [0.25, 0.3) is 0 Å². The molecule has 3 unspecified atom stereocenters. The van der Waals surface area contributed by atoms with E-state index in [0.717, 1.165) is 17.8 Å². The van der Waals surface area contributed by atoms with Crippen molar-refractivity contribution in [1.29, 1.82) is 0 Å². The predicted molar refractivity (Wildman–Crippen MR) is 71.8 cm³/mol. The lowest BCUT2D eigenvalue weighted by Crippen LogP contribution is -2.49. The average Bonchev–Trinajstić information content (AvgIpc) is 2.83. The van der Waals surface area contributed by atoms with Gasteiger partial charge in [-0.3, -0.25) is 0 Å². The van der Waals surface area contributed by atoms with Crippen LogP contribution in [0.1, 0.15) is 44.9 Å². The van der Waals surface area contributed by atoms with E-state index in [9.17, 15) is 0 Å². The van der Waals surface area contributed by atoms with Crippen molar-refractivity contribution in [1.82, 2.24) is 4.90 Å². The Morgan fingerprint density at radius 1 is 1.24 bits per heavy atom. The molecule has 5 atom stereocenters. The lowest BCUT2D eigenvalue weighted by Gasteiger charge is -2.48. The van der Waals surface area contributed by atoms with Gasteiger partial charge in [-0.05, 0) is 75.8 Å². The first-order valence-electron chi connectivity index (χ1n) is 7.52. The number of nitrogens with two attached hydrogens (primary N) is 1. The van der Waals surface area contributed by atoms with Gasteiger partial charge in [-0.1, -0.05) is 6.42 Å². The van der Waals surface area contributed by atoms with Gasteiger partial charge in [0.1, 0.15) is 0 Å². The quantitative estimate of drug-likeness (QED) is 0.798. The van der Waals surface area contributed by atoms with Gasteiger partial charge in [0.25, 0.3) is 0 Å². The molecule has 3 saturated carbocycles. The minimum Gasteiger partial charge on any atom is -0.327 e. The van der Waals surface area contributed by atoms with Crippen LogP contribution >= 0.6 is 0 Å². The summed E-state index contributed by atoms with van der Waals surface area (Å²) in [5, 5.41) is 0. The Morgan fingerprint density at radius 2 is 2.06 bits per heavy atom. The molecule has 3 rings (SSSR count). The molecule has 2 N–H and O–H groups in total. The molecule has 1 spiro atoms. The maximum absolute atomic E-state index is 6.61. The zero-order valence-electron chi connectivity index (χ0n) is 11.5. The monoisotopic (exact) mass is 236 g/mol. The van der Waals surface area contributed by atoms with E-state index >= 15 is 0 Å².